The van der Waals surface area contributed by atoms with Crippen molar-refractivity contribution in [2.24, 2.45) is 5.10 Å². The van der Waals surface area contributed by atoms with Crippen LogP contribution in [0.2, 0.25) is 5.02 Å². The number of hydrazone groups is 1. The molecule has 3 rings (SSSR count). The van der Waals surface area contributed by atoms with Crippen LogP contribution in [0.25, 0.3) is 0 Å². The van der Waals surface area contributed by atoms with Gasteiger partial charge < -0.3 is 0 Å². The van der Waals surface area contributed by atoms with Gasteiger partial charge in [0.2, 0.25) is 5.78 Å². The van der Waals surface area contributed by atoms with Gasteiger partial charge in [-0.25, -0.2) is 5.10 Å². The highest BCUT2D eigenvalue weighted by Gasteiger charge is 2.16. The molecule has 0 spiro atoms. The number of benzene rings is 2. The predicted molar refractivity (Wildman–Crippen MR) is 97.2 cm³/mol. The summed E-state index contributed by atoms with van der Waals surface area (Å²) in [5, 5.41) is 9.97. The molecule has 1 heterocycles. The van der Waals surface area contributed by atoms with Crippen molar-refractivity contribution in [3.63, 3.8) is 0 Å². The van der Waals surface area contributed by atoms with E-state index in [2.05, 4.69) is 20.7 Å². The highest BCUT2D eigenvalue weighted by atomic mass is 35.5. The van der Waals surface area contributed by atoms with Crippen molar-refractivity contribution in [1.29, 1.82) is 0 Å². The van der Waals surface area contributed by atoms with Gasteiger partial charge in [-0.2, -0.15) is 10.2 Å². The number of hydrogen-bond acceptors (Lipinski definition) is 5. The quantitative estimate of drug-likeness (QED) is 0.419. The molecule has 7 heteroatoms. The van der Waals surface area contributed by atoms with Gasteiger partial charge in [0.1, 0.15) is 16.4 Å². The largest absolute Gasteiger partial charge is 0.287 e. The highest BCUT2D eigenvalue weighted by Crippen LogP contribution is 2.15. The monoisotopic (exact) mass is 352 g/mol. The predicted octanol–water partition coefficient (Wildman–Crippen LogP) is 3.12. The molecular formula is C18H13ClN4O2. The molecule has 0 aliphatic heterocycles. The third-order valence-corrected chi connectivity index (χ3v) is 3.76. The summed E-state index contributed by atoms with van der Waals surface area (Å²) in [6.07, 6.45) is 1.32. The van der Waals surface area contributed by atoms with Crippen LogP contribution in [0.4, 0.5) is 5.69 Å². The number of carbonyl (C=O) groups is 1. The number of aromatic nitrogens is 2. The lowest BCUT2D eigenvalue weighted by Gasteiger charge is -2.08. The van der Waals surface area contributed by atoms with Gasteiger partial charge in [0.25, 0.3) is 5.56 Å². The van der Waals surface area contributed by atoms with Gasteiger partial charge in [0, 0.05) is 11.1 Å². The maximum absolute atomic E-state index is 12.8. The smallest absolute Gasteiger partial charge is 0.285 e. The van der Waals surface area contributed by atoms with Crippen LogP contribution >= 0.6 is 11.6 Å². The zero-order valence-electron chi connectivity index (χ0n) is 12.9. The third kappa shape index (κ3) is 3.81. The first-order chi connectivity index (χ1) is 12.2. The van der Waals surface area contributed by atoms with Crippen LogP contribution in [0.15, 0.2) is 76.8 Å². The Bertz CT molecular complexity index is 969. The Labute approximate surface area is 148 Å². The molecule has 6 nitrogen and oxygen atoms in total. The zero-order valence-corrected chi connectivity index (χ0v) is 13.7. The second kappa shape index (κ2) is 7.55. The maximum atomic E-state index is 12.8. The topological polar surface area (TPSA) is 87.2 Å². The van der Waals surface area contributed by atoms with Crippen molar-refractivity contribution in [3.05, 3.63) is 93.4 Å². The van der Waals surface area contributed by atoms with E-state index >= 15 is 0 Å². The minimum Gasteiger partial charge on any atom is -0.287 e. The molecule has 1 aromatic heterocycles. The number of H-pyrrole nitrogens is 1. The summed E-state index contributed by atoms with van der Waals surface area (Å²) in [4.78, 5) is 24.3. The van der Waals surface area contributed by atoms with E-state index in [1.807, 2.05) is 24.3 Å². The first kappa shape index (κ1) is 16.6. The first-order valence-electron chi connectivity index (χ1n) is 7.39. The molecule has 25 heavy (non-hydrogen) atoms. The number of Topliss-reactive ketones (excluding diaryl/α,β-unsaturated/α-hetero) is 1. The fraction of sp³-hybridized carbons (Fsp3) is 0. The molecule has 0 saturated heterocycles. The molecule has 0 amide bonds. The van der Waals surface area contributed by atoms with Gasteiger partial charge in [0.05, 0.1) is 6.20 Å². The Kier molecular flexibility index (Phi) is 5.01. The normalized spacial score (nSPS) is 11.2. The second-order valence-electron chi connectivity index (χ2n) is 5.06. The van der Waals surface area contributed by atoms with Crippen molar-refractivity contribution >= 4 is 28.8 Å². The van der Waals surface area contributed by atoms with Crippen LogP contribution in [-0.2, 0) is 0 Å². The Morgan fingerprint density at radius 1 is 1.00 bits per heavy atom. The van der Waals surface area contributed by atoms with Gasteiger partial charge in [-0.3, -0.25) is 15.0 Å². The summed E-state index contributed by atoms with van der Waals surface area (Å²) in [5.41, 5.74) is 3.66. The third-order valence-electron chi connectivity index (χ3n) is 3.38. The van der Waals surface area contributed by atoms with Crippen molar-refractivity contribution in [3.8, 4) is 0 Å². The Morgan fingerprint density at radius 2 is 1.60 bits per heavy atom. The van der Waals surface area contributed by atoms with Crippen LogP contribution in [0.5, 0.6) is 0 Å². The van der Waals surface area contributed by atoms with E-state index in [0.717, 1.165) is 0 Å². The van der Waals surface area contributed by atoms with E-state index in [1.54, 1.807) is 36.4 Å². The molecule has 0 aliphatic rings. The number of aromatic amines is 1. The average Bonchev–Trinajstić information content (AvgIpc) is 2.66. The fourth-order valence-corrected chi connectivity index (χ4v) is 2.28. The molecule has 0 unspecified atom stereocenters. The summed E-state index contributed by atoms with van der Waals surface area (Å²) in [5.74, 6) is -0.256. The van der Waals surface area contributed by atoms with Crippen LogP contribution in [0.1, 0.15) is 15.9 Å². The molecule has 0 aliphatic carbocycles. The lowest BCUT2D eigenvalue weighted by Crippen LogP contribution is -2.18. The number of rotatable bonds is 5. The number of nitrogens with zero attached hydrogens (tertiary/aromatic N) is 2. The zero-order chi connectivity index (χ0) is 17.6. The van der Waals surface area contributed by atoms with Crippen LogP contribution in [-0.4, -0.2) is 21.7 Å². The average molecular weight is 353 g/mol. The van der Waals surface area contributed by atoms with Crippen LogP contribution < -0.4 is 11.0 Å². The molecule has 0 saturated carbocycles. The van der Waals surface area contributed by atoms with Crippen LogP contribution in [0.3, 0.4) is 0 Å². The number of halogens is 1. The Balaban J connectivity index is 2.01. The van der Waals surface area contributed by atoms with Crippen molar-refractivity contribution in [1.82, 2.24) is 10.2 Å². The SMILES string of the molecule is O=C(C(=NNc1cn[nH]c(=O)c1Cl)c1ccccc1)c1ccccc1. The van der Waals surface area contributed by atoms with Crippen molar-refractivity contribution < 1.29 is 4.79 Å². The summed E-state index contributed by atoms with van der Waals surface area (Å²) in [6, 6.07) is 17.8. The molecule has 2 aromatic carbocycles. The van der Waals surface area contributed by atoms with Crippen molar-refractivity contribution in [2.75, 3.05) is 5.43 Å². The van der Waals surface area contributed by atoms with E-state index in [0.29, 0.717) is 11.1 Å². The summed E-state index contributed by atoms with van der Waals surface area (Å²) >= 11 is 5.92. The van der Waals surface area contributed by atoms with E-state index < -0.39 is 5.56 Å². The Hall–Kier alpha value is -3.25. The van der Waals surface area contributed by atoms with Crippen molar-refractivity contribution in [2.45, 2.75) is 0 Å². The fourth-order valence-electron chi connectivity index (χ4n) is 2.15. The lowest BCUT2D eigenvalue weighted by atomic mass is 10.0. The van der Waals surface area contributed by atoms with E-state index in [4.69, 9.17) is 11.6 Å². The second-order valence-corrected chi connectivity index (χ2v) is 5.44. The molecule has 0 fully saturated rings. The van der Waals surface area contributed by atoms with E-state index in [-0.39, 0.29) is 22.2 Å². The summed E-state index contributed by atoms with van der Waals surface area (Å²) < 4.78 is 0. The highest BCUT2D eigenvalue weighted by molar-refractivity contribution is 6.51. The standard InChI is InChI=1S/C18H13ClN4O2/c19-15-14(11-20-23-18(15)25)21-22-16(12-7-3-1-4-8-12)17(24)13-9-5-2-6-10-13/h1-11H,(H2,21,23,25). The molecule has 3 aromatic rings. The Morgan fingerprint density at radius 3 is 2.24 bits per heavy atom. The van der Waals surface area contributed by atoms with Crippen LogP contribution in [0, 0.1) is 0 Å². The van der Waals surface area contributed by atoms with Gasteiger partial charge in [-0.15, -0.1) is 0 Å². The minimum atomic E-state index is -0.544. The number of ketones is 1. The van der Waals surface area contributed by atoms with E-state index in [1.165, 1.54) is 6.20 Å². The molecule has 2 N–H and O–H groups in total. The van der Waals surface area contributed by atoms with Gasteiger partial charge >= 0.3 is 0 Å². The van der Waals surface area contributed by atoms with Gasteiger partial charge in [-0.05, 0) is 0 Å². The molecule has 124 valence electrons. The van der Waals surface area contributed by atoms with E-state index in [9.17, 15) is 9.59 Å². The summed E-state index contributed by atoms with van der Waals surface area (Å²) in [6.45, 7) is 0. The number of nitrogens with one attached hydrogen (secondary N) is 2. The molecule has 0 bridgehead atoms. The number of anilines is 1. The van der Waals surface area contributed by atoms with Gasteiger partial charge in [0.15, 0.2) is 0 Å². The minimum absolute atomic E-state index is 0.0849. The lowest BCUT2D eigenvalue weighted by molar-refractivity contribution is 0.106. The molecular weight excluding hydrogens is 340 g/mol. The molecule has 0 atom stereocenters. The molecule has 0 radical (unpaired) electrons. The first-order valence-corrected chi connectivity index (χ1v) is 7.76. The van der Waals surface area contributed by atoms with Gasteiger partial charge in [-0.1, -0.05) is 72.3 Å². The number of carbonyl (C=O) groups excluding carboxylic acids is 1. The number of hydrogen-bond donors (Lipinski definition) is 2. The maximum Gasteiger partial charge on any atom is 0.285 e. The summed E-state index contributed by atoms with van der Waals surface area (Å²) in [7, 11) is 0.